The molecule has 0 saturated heterocycles. The molecule has 0 rings (SSSR count). The van der Waals surface area contributed by atoms with Gasteiger partial charge in [0.15, 0.2) is 0 Å². The standard InChI is InChI=1S/C18H38N2O9Si2/c1-8-17(21)29-14-11-19-18(22)20(12-9-15-30(23-2,24-3)25-4)13-10-16-31(26-5,27-6)28-7/h8H,1,9-16H2,2-7H3,(H,19,22). The van der Waals surface area contributed by atoms with Gasteiger partial charge >= 0.3 is 29.6 Å². The third-order valence-electron chi connectivity index (χ3n) is 4.76. The molecule has 0 aromatic carbocycles. The molecule has 0 heterocycles. The molecule has 0 saturated carbocycles. The van der Waals surface area contributed by atoms with Crippen LogP contribution in [0.2, 0.25) is 12.1 Å². The number of nitrogens with one attached hydrogen (secondary N) is 1. The lowest BCUT2D eigenvalue weighted by atomic mass is 10.3. The lowest BCUT2D eigenvalue weighted by molar-refractivity contribution is -0.137. The van der Waals surface area contributed by atoms with Gasteiger partial charge in [0, 0.05) is 73.9 Å². The molecule has 2 amide bonds. The highest BCUT2D eigenvalue weighted by molar-refractivity contribution is 6.60. The van der Waals surface area contributed by atoms with Gasteiger partial charge in [0.1, 0.15) is 6.61 Å². The summed E-state index contributed by atoms with van der Waals surface area (Å²) in [6.45, 7) is 4.50. The van der Waals surface area contributed by atoms with Crippen LogP contribution in [0, 0.1) is 0 Å². The molecule has 0 bridgehead atoms. The van der Waals surface area contributed by atoms with E-state index in [1.807, 2.05) is 0 Å². The lowest BCUT2D eigenvalue weighted by Gasteiger charge is -2.28. The van der Waals surface area contributed by atoms with Crippen LogP contribution in [0.15, 0.2) is 12.7 Å². The summed E-state index contributed by atoms with van der Waals surface area (Å²) in [4.78, 5) is 25.5. The van der Waals surface area contributed by atoms with Crippen molar-refractivity contribution >= 4 is 29.6 Å². The predicted molar refractivity (Wildman–Crippen MR) is 119 cm³/mol. The maximum absolute atomic E-state index is 12.7. The molecule has 0 aromatic heterocycles. The average Bonchev–Trinajstić information content (AvgIpc) is 2.81. The minimum Gasteiger partial charge on any atom is -0.461 e. The van der Waals surface area contributed by atoms with E-state index in [1.165, 1.54) is 0 Å². The summed E-state index contributed by atoms with van der Waals surface area (Å²) in [6, 6.07) is 0.850. The normalized spacial score (nSPS) is 11.8. The zero-order valence-electron chi connectivity index (χ0n) is 19.6. The van der Waals surface area contributed by atoms with Gasteiger partial charge in [0.2, 0.25) is 0 Å². The number of ether oxygens (including phenoxy) is 1. The van der Waals surface area contributed by atoms with E-state index >= 15 is 0 Å². The Bertz CT molecular complexity index is 490. The molecule has 0 radical (unpaired) electrons. The molecule has 0 spiro atoms. The Kier molecular flexibility index (Phi) is 15.6. The number of urea groups is 1. The second-order valence-electron chi connectivity index (χ2n) is 6.39. The maximum Gasteiger partial charge on any atom is 0.500 e. The molecular weight excluding hydrogens is 444 g/mol. The van der Waals surface area contributed by atoms with Gasteiger partial charge < -0.3 is 41.5 Å². The predicted octanol–water partition coefficient (Wildman–Crippen LogP) is 1.26. The Morgan fingerprint density at radius 3 is 1.61 bits per heavy atom. The summed E-state index contributed by atoms with van der Waals surface area (Å²) in [5.74, 6) is -0.536. The summed E-state index contributed by atoms with van der Waals surface area (Å²) in [6.07, 6.45) is 2.33. The van der Waals surface area contributed by atoms with Crippen LogP contribution in [-0.4, -0.2) is 103 Å². The third-order valence-corrected chi connectivity index (χ3v) is 10.4. The largest absolute Gasteiger partial charge is 0.500 e. The van der Waals surface area contributed by atoms with E-state index in [0.717, 1.165) is 6.08 Å². The van der Waals surface area contributed by atoms with E-state index in [2.05, 4.69) is 11.9 Å². The molecule has 31 heavy (non-hydrogen) atoms. The minimum absolute atomic E-state index is 0.0601. The van der Waals surface area contributed by atoms with Gasteiger partial charge in [-0.2, -0.15) is 0 Å². The topological polar surface area (TPSA) is 114 Å². The van der Waals surface area contributed by atoms with Crippen LogP contribution in [0.1, 0.15) is 12.8 Å². The van der Waals surface area contributed by atoms with E-state index in [-0.39, 0.29) is 19.2 Å². The van der Waals surface area contributed by atoms with Gasteiger partial charge in [-0.1, -0.05) is 6.58 Å². The monoisotopic (exact) mass is 482 g/mol. The number of amides is 2. The summed E-state index contributed by atoms with van der Waals surface area (Å²) in [5, 5.41) is 2.75. The number of rotatable bonds is 18. The molecule has 0 fully saturated rings. The minimum atomic E-state index is -2.72. The summed E-state index contributed by atoms with van der Waals surface area (Å²) in [7, 11) is 3.88. The molecular formula is C18H38N2O9Si2. The molecule has 1 N–H and O–H groups in total. The van der Waals surface area contributed by atoms with Crippen LogP contribution in [0.3, 0.4) is 0 Å². The van der Waals surface area contributed by atoms with Crippen molar-refractivity contribution in [1.82, 2.24) is 10.2 Å². The highest BCUT2D eigenvalue weighted by atomic mass is 28.4. The Morgan fingerprint density at radius 1 is 0.839 bits per heavy atom. The van der Waals surface area contributed by atoms with Crippen molar-refractivity contribution in [3.05, 3.63) is 12.7 Å². The van der Waals surface area contributed by atoms with Crippen molar-refractivity contribution in [3.8, 4) is 0 Å². The van der Waals surface area contributed by atoms with Crippen molar-refractivity contribution < 1.29 is 40.9 Å². The fourth-order valence-electron chi connectivity index (χ4n) is 2.88. The first-order valence-electron chi connectivity index (χ1n) is 9.94. The first-order chi connectivity index (χ1) is 14.8. The van der Waals surface area contributed by atoms with Crippen LogP contribution in [0.5, 0.6) is 0 Å². The smallest absolute Gasteiger partial charge is 0.461 e. The fourth-order valence-corrected chi connectivity index (χ4v) is 6.29. The van der Waals surface area contributed by atoms with Gasteiger partial charge in [-0.05, 0) is 12.8 Å². The zero-order chi connectivity index (χ0) is 23.8. The average molecular weight is 483 g/mol. The number of hydrogen-bond donors (Lipinski definition) is 1. The first-order valence-corrected chi connectivity index (χ1v) is 13.8. The number of nitrogens with zero attached hydrogens (tertiary/aromatic N) is 1. The van der Waals surface area contributed by atoms with Gasteiger partial charge in [0.25, 0.3) is 0 Å². The van der Waals surface area contributed by atoms with Crippen LogP contribution in [-0.2, 0) is 36.1 Å². The quantitative estimate of drug-likeness (QED) is 0.133. The number of hydrogen-bond acceptors (Lipinski definition) is 9. The SMILES string of the molecule is C=CC(=O)OCCNC(=O)N(CCC[Si](OC)(OC)OC)CCC[Si](OC)(OC)OC. The van der Waals surface area contributed by atoms with Gasteiger partial charge in [0.05, 0.1) is 6.54 Å². The molecule has 0 unspecified atom stereocenters. The lowest BCUT2D eigenvalue weighted by Crippen LogP contribution is -2.46. The van der Waals surface area contributed by atoms with Crippen molar-refractivity contribution in [2.75, 3.05) is 68.9 Å². The Balaban J connectivity index is 4.88. The van der Waals surface area contributed by atoms with Crippen LogP contribution in [0.25, 0.3) is 0 Å². The molecule has 0 aliphatic carbocycles. The van der Waals surface area contributed by atoms with E-state index in [4.69, 9.17) is 31.3 Å². The van der Waals surface area contributed by atoms with E-state index in [0.29, 0.717) is 38.0 Å². The summed E-state index contributed by atoms with van der Waals surface area (Å²) < 4.78 is 37.5. The number of esters is 1. The highest BCUT2D eigenvalue weighted by Crippen LogP contribution is 2.18. The maximum atomic E-state index is 12.7. The number of carbonyl (C=O) groups excluding carboxylic acids is 2. The van der Waals surface area contributed by atoms with Crippen molar-refractivity contribution in [3.63, 3.8) is 0 Å². The van der Waals surface area contributed by atoms with Gasteiger partial charge in [-0.3, -0.25) is 0 Å². The molecule has 0 aromatic rings. The van der Waals surface area contributed by atoms with E-state index < -0.39 is 23.6 Å². The highest BCUT2D eigenvalue weighted by Gasteiger charge is 2.38. The molecule has 0 aliphatic heterocycles. The Hall–Kier alpha value is -1.33. The molecule has 0 aliphatic rings. The summed E-state index contributed by atoms with van der Waals surface area (Å²) in [5.41, 5.74) is 0. The third kappa shape index (κ3) is 10.7. The zero-order valence-corrected chi connectivity index (χ0v) is 21.6. The summed E-state index contributed by atoms with van der Waals surface area (Å²) >= 11 is 0. The van der Waals surface area contributed by atoms with Crippen LogP contribution >= 0.6 is 0 Å². The molecule has 0 atom stereocenters. The van der Waals surface area contributed by atoms with Crippen molar-refractivity contribution in [2.45, 2.75) is 24.9 Å². The molecule has 11 nitrogen and oxygen atoms in total. The molecule has 13 heteroatoms. The van der Waals surface area contributed by atoms with E-state index in [9.17, 15) is 9.59 Å². The Morgan fingerprint density at radius 2 is 1.26 bits per heavy atom. The van der Waals surface area contributed by atoms with Crippen LogP contribution in [0.4, 0.5) is 4.79 Å². The van der Waals surface area contributed by atoms with Crippen LogP contribution < -0.4 is 5.32 Å². The Labute approximate surface area is 187 Å². The van der Waals surface area contributed by atoms with Gasteiger partial charge in [-0.25, -0.2) is 9.59 Å². The van der Waals surface area contributed by atoms with Crippen molar-refractivity contribution in [2.24, 2.45) is 0 Å². The van der Waals surface area contributed by atoms with E-state index in [1.54, 1.807) is 47.6 Å². The fraction of sp³-hybridized carbons (Fsp3) is 0.778. The van der Waals surface area contributed by atoms with Crippen molar-refractivity contribution in [1.29, 1.82) is 0 Å². The molecule has 182 valence electrons. The second kappa shape index (κ2) is 16.3. The second-order valence-corrected chi connectivity index (χ2v) is 12.6. The first kappa shape index (κ1) is 29.7. The number of carbonyl (C=O) groups is 2. The van der Waals surface area contributed by atoms with Gasteiger partial charge in [-0.15, -0.1) is 0 Å².